The highest BCUT2D eigenvalue weighted by molar-refractivity contribution is 7.92. The van der Waals surface area contributed by atoms with Crippen molar-refractivity contribution in [3.05, 3.63) is 59.7 Å². The summed E-state index contributed by atoms with van der Waals surface area (Å²) in [5, 5.41) is 2.92. The minimum Gasteiger partial charge on any atom is -0.349 e. The fourth-order valence-electron chi connectivity index (χ4n) is 2.08. The van der Waals surface area contributed by atoms with Gasteiger partial charge in [0, 0.05) is 17.3 Å². The van der Waals surface area contributed by atoms with E-state index in [0.29, 0.717) is 17.2 Å². The van der Waals surface area contributed by atoms with Crippen LogP contribution in [0, 0.1) is 12.8 Å². The quantitative estimate of drug-likeness (QED) is 0.827. The van der Waals surface area contributed by atoms with Crippen LogP contribution in [0.4, 0.5) is 5.69 Å². The zero-order valence-corrected chi connectivity index (χ0v) is 15.7. The van der Waals surface area contributed by atoms with Gasteiger partial charge in [-0.1, -0.05) is 31.5 Å². The summed E-state index contributed by atoms with van der Waals surface area (Å²) in [7, 11) is -3.64. The highest BCUT2D eigenvalue weighted by atomic mass is 32.2. The van der Waals surface area contributed by atoms with Crippen molar-refractivity contribution in [3.8, 4) is 0 Å². The van der Waals surface area contributed by atoms with E-state index in [1.807, 2.05) is 27.7 Å². The van der Waals surface area contributed by atoms with E-state index >= 15 is 0 Å². The van der Waals surface area contributed by atoms with Crippen LogP contribution in [-0.4, -0.2) is 20.4 Å². The normalized spacial score (nSPS) is 12.7. The molecule has 1 atom stereocenters. The first kappa shape index (κ1) is 19.0. The summed E-state index contributed by atoms with van der Waals surface area (Å²) in [6.45, 7) is 7.92. The van der Waals surface area contributed by atoms with Crippen molar-refractivity contribution in [3.63, 3.8) is 0 Å². The third kappa shape index (κ3) is 5.06. The summed E-state index contributed by atoms with van der Waals surface area (Å²) in [4.78, 5) is 12.4. The fraction of sp³-hybridized carbons (Fsp3) is 0.316. The molecule has 0 aliphatic rings. The summed E-state index contributed by atoms with van der Waals surface area (Å²) in [5.74, 6) is 0.165. The first-order valence-corrected chi connectivity index (χ1v) is 9.68. The van der Waals surface area contributed by atoms with Gasteiger partial charge in [-0.3, -0.25) is 9.52 Å². The molecule has 0 fully saturated rings. The molecule has 0 saturated heterocycles. The second-order valence-corrected chi connectivity index (χ2v) is 8.18. The smallest absolute Gasteiger partial charge is 0.261 e. The maximum Gasteiger partial charge on any atom is 0.261 e. The molecule has 0 bridgehead atoms. The summed E-state index contributed by atoms with van der Waals surface area (Å²) >= 11 is 0. The summed E-state index contributed by atoms with van der Waals surface area (Å²) in [6, 6.07) is 13.1. The Balaban J connectivity index is 2.09. The van der Waals surface area contributed by atoms with Crippen LogP contribution in [0.3, 0.4) is 0 Å². The molecular formula is C19H24N2O3S. The van der Waals surface area contributed by atoms with Gasteiger partial charge in [0.1, 0.15) is 0 Å². The van der Waals surface area contributed by atoms with Crippen LogP contribution in [0.25, 0.3) is 0 Å². The third-order valence-corrected chi connectivity index (χ3v) is 5.49. The average Bonchev–Trinajstić information content (AvgIpc) is 2.55. The van der Waals surface area contributed by atoms with Gasteiger partial charge < -0.3 is 5.32 Å². The molecule has 25 heavy (non-hydrogen) atoms. The van der Waals surface area contributed by atoms with Crippen LogP contribution < -0.4 is 10.0 Å². The van der Waals surface area contributed by atoms with Crippen molar-refractivity contribution in [2.24, 2.45) is 5.92 Å². The van der Waals surface area contributed by atoms with Crippen LogP contribution in [0.1, 0.15) is 36.7 Å². The lowest BCUT2D eigenvalue weighted by Crippen LogP contribution is -2.36. The highest BCUT2D eigenvalue weighted by Gasteiger charge is 2.15. The molecule has 0 aliphatic heterocycles. The Labute approximate surface area is 149 Å². The molecule has 0 unspecified atom stereocenters. The summed E-state index contributed by atoms with van der Waals surface area (Å²) < 4.78 is 27.2. The van der Waals surface area contributed by atoms with Gasteiger partial charge in [-0.05, 0) is 56.2 Å². The highest BCUT2D eigenvalue weighted by Crippen LogP contribution is 2.17. The first-order valence-electron chi connectivity index (χ1n) is 8.19. The molecule has 0 aromatic heterocycles. The van der Waals surface area contributed by atoms with Crippen LogP contribution in [-0.2, 0) is 10.0 Å². The molecule has 0 saturated carbocycles. The van der Waals surface area contributed by atoms with Crippen LogP contribution in [0.15, 0.2) is 53.4 Å². The molecule has 2 aromatic carbocycles. The second kappa shape index (κ2) is 7.70. The third-order valence-electron chi connectivity index (χ3n) is 4.09. The Kier molecular flexibility index (Phi) is 5.85. The molecule has 5 nitrogen and oxygen atoms in total. The topological polar surface area (TPSA) is 75.3 Å². The Bertz CT molecular complexity index is 826. The van der Waals surface area contributed by atoms with Gasteiger partial charge in [0.15, 0.2) is 0 Å². The predicted molar refractivity (Wildman–Crippen MR) is 100 cm³/mol. The monoisotopic (exact) mass is 360 g/mol. The van der Waals surface area contributed by atoms with Gasteiger partial charge in [0.25, 0.3) is 15.9 Å². The van der Waals surface area contributed by atoms with E-state index < -0.39 is 10.0 Å². The number of hydrogen-bond acceptors (Lipinski definition) is 3. The Morgan fingerprint density at radius 2 is 1.48 bits per heavy atom. The molecule has 0 heterocycles. The zero-order chi connectivity index (χ0) is 18.6. The molecule has 6 heteroatoms. The van der Waals surface area contributed by atoms with Crippen molar-refractivity contribution in [2.75, 3.05) is 4.72 Å². The second-order valence-electron chi connectivity index (χ2n) is 6.50. The van der Waals surface area contributed by atoms with E-state index in [2.05, 4.69) is 10.0 Å². The van der Waals surface area contributed by atoms with E-state index in [4.69, 9.17) is 0 Å². The van der Waals surface area contributed by atoms with Crippen molar-refractivity contribution in [1.29, 1.82) is 0 Å². The van der Waals surface area contributed by atoms with Crippen molar-refractivity contribution >= 4 is 21.6 Å². The van der Waals surface area contributed by atoms with Gasteiger partial charge in [0.05, 0.1) is 4.90 Å². The Hall–Kier alpha value is -2.34. The van der Waals surface area contributed by atoms with Gasteiger partial charge in [-0.15, -0.1) is 0 Å². The molecule has 134 valence electrons. The maximum absolute atomic E-state index is 12.4. The zero-order valence-electron chi connectivity index (χ0n) is 14.9. The number of carbonyl (C=O) groups excluding carboxylic acids is 1. The molecule has 0 spiro atoms. The molecule has 2 aromatic rings. The molecule has 0 aliphatic carbocycles. The molecule has 1 amide bonds. The van der Waals surface area contributed by atoms with Crippen LogP contribution in [0.2, 0.25) is 0 Å². The van der Waals surface area contributed by atoms with E-state index in [0.717, 1.165) is 5.56 Å². The van der Waals surface area contributed by atoms with E-state index in [9.17, 15) is 13.2 Å². The van der Waals surface area contributed by atoms with Crippen molar-refractivity contribution in [1.82, 2.24) is 5.32 Å². The van der Waals surface area contributed by atoms with Gasteiger partial charge >= 0.3 is 0 Å². The number of sulfonamides is 1. The molecule has 0 radical (unpaired) electrons. The number of carbonyl (C=O) groups is 1. The first-order chi connectivity index (χ1) is 11.7. The van der Waals surface area contributed by atoms with Gasteiger partial charge in [0.2, 0.25) is 0 Å². The largest absolute Gasteiger partial charge is 0.349 e. The number of anilines is 1. The van der Waals surface area contributed by atoms with Crippen molar-refractivity contribution in [2.45, 2.75) is 38.6 Å². The Morgan fingerprint density at radius 3 is 2.00 bits per heavy atom. The lowest BCUT2D eigenvalue weighted by atomic mass is 10.1. The molecule has 2 N–H and O–H groups in total. The number of benzene rings is 2. The lowest BCUT2D eigenvalue weighted by Gasteiger charge is -2.17. The van der Waals surface area contributed by atoms with Gasteiger partial charge in [-0.25, -0.2) is 8.42 Å². The van der Waals surface area contributed by atoms with Gasteiger partial charge in [-0.2, -0.15) is 0 Å². The van der Waals surface area contributed by atoms with Crippen LogP contribution in [0.5, 0.6) is 0 Å². The lowest BCUT2D eigenvalue weighted by molar-refractivity contribution is 0.0930. The van der Waals surface area contributed by atoms with Crippen LogP contribution >= 0.6 is 0 Å². The number of hydrogen-bond donors (Lipinski definition) is 2. The average molecular weight is 360 g/mol. The molecule has 2 rings (SSSR count). The van der Waals surface area contributed by atoms with E-state index in [1.54, 1.807) is 48.5 Å². The number of nitrogens with one attached hydrogen (secondary N) is 2. The SMILES string of the molecule is Cc1ccc(S(=O)(=O)Nc2ccc(C(=O)N[C@H](C)C(C)C)cc2)cc1. The summed E-state index contributed by atoms with van der Waals surface area (Å²) in [5.41, 5.74) is 1.89. The van der Waals surface area contributed by atoms with E-state index in [1.165, 1.54) is 0 Å². The van der Waals surface area contributed by atoms with Crippen molar-refractivity contribution < 1.29 is 13.2 Å². The minimum atomic E-state index is -3.64. The minimum absolute atomic E-state index is 0.0622. The number of amides is 1. The Morgan fingerprint density at radius 1 is 0.920 bits per heavy atom. The summed E-state index contributed by atoms with van der Waals surface area (Å²) in [6.07, 6.45) is 0. The maximum atomic E-state index is 12.4. The van der Waals surface area contributed by atoms with E-state index in [-0.39, 0.29) is 16.8 Å². The predicted octanol–water partition coefficient (Wildman–Crippen LogP) is 3.57. The number of aryl methyl sites for hydroxylation is 1. The number of rotatable bonds is 6. The molecular weight excluding hydrogens is 336 g/mol. The fourth-order valence-corrected chi connectivity index (χ4v) is 3.14. The standard InChI is InChI=1S/C19H24N2O3S/c1-13(2)15(4)20-19(22)16-7-9-17(10-8-16)21-25(23,24)18-11-5-14(3)6-12-18/h5-13,15,21H,1-4H3,(H,20,22)/t15-/m1/s1.